The fourth-order valence-electron chi connectivity index (χ4n) is 2.65. The third-order valence-electron chi connectivity index (χ3n) is 4.14. The van der Waals surface area contributed by atoms with Crippen LogP contribution in [0.15, 0.2) is 51.5 Å². The first kappa shape index (κ1) is 19.8. The zero-order valence-corrected chi connectivity index (χ0v) is 16.6. The molecule has 31 heavy (non-hydrogen) atoms. The van der Waals surface area contributed by atoms with E-state index in [-0.39, 0.29) is 23.0 Å². The summed E-state index contributed by atoms with van der Waals surface area (Å²) >= 11 is 1.35. The van der Waals surface area contributed by atoms with Gasteiger partial charge in [0.15, 0.2) is 5.69 Å². The second-order valence-electron chi connectivity index (χ2n) is 6.09. The molecule has 0 aliphatic carbocycles. The number of non-ortho nitro benzene ring substituents is 1. The maximum Gasteiger partial charge on any atom is 0.294 e. The molecule has 0 fully saturated rings. The number of nitrogens with two attached hydrogens (primary N) is 1. The lowest BCUT2D eigenvalue weighted by Crippen LogP contribution is -2.20. The molecule has 3 heterocycles. The van der Waals surface area contributed by atoms with Crippen LogP contribution in [-0.2, 0) is 0 Å². The number of hydrogen-bond donors (Lipinski definition) is 2. The highest BCUT2D eigenvalue weighted by atomic mass is 32.1. The molecule has 0 saturated heterocycles. The van der Waals surface area contributed by atoms with Gasteiger partial charge in [0.25, 0.3) is 11.6 Å². The summed E-state index contributed by atoms with van der Waals surface area (Å²) in [4.78, 5) is 23.9. The van der Waals surface area contributed by atoms with Gasteiger partial charge >= 0.3 is 0 Å². The van der Waals surface area contributed by atoms with Crippen LogP contribution in [0, 0.1) is 10.1 Å². The minimum Gasteiger partial charge on any atom is -0.378 e. The lowest BCUT2D eigenvalue weighted by molar-refractivity contribution is -0.384. The zero-order valence-electron chi connectivity index (χ0n) is 15.8. The van der Waals surface area contributed by atoms with Gasteiger partial charge in [-0.25, -0.2) is 10.1 Å². The molecule has 0 saturated carbocycles. The third kappa shape index (κ3) is 3.86. The van der Waals surface area contributed by atoms with Crippen LogP contribution in [-0.4, -0.2) is 41.8 Å². The fourth-order valence-corrected chi connectivity index (χ4v) is 3.41. The molecular weight excluding hydrogens is 426 g/mol. The lowest BCUT2D eigenvalue weighted by Gasteiger charge is -2.04. The number of nitro benzene ring substituents is 1. The molecule has 0 unspecified atom stereocenters. The van der Waals surface area contributed by atoms with Crippen LogP contribution in [0.3, 0.4) is 0 Å². The number of nitrogens with one attached hydrogen (secondary N) is 1. The van der Waals surface area contributed by atoms with Crippen molar-refractivity contribution in [1.29, 1.82) is 0 Å². The van der Waals surface area contributed by atoms with Crippen molar-refractivity contribution in [2.24, 2.45) is 5.10 Å². The van der Waals surface area contributed by atoms with Gasteiger partial charge < -0.3 is 5.73 Å². The number of nitrogen functional groups attached to an aromatic ring is 1. The number of carbonyl (C=O) groups excluding carboxylic acids is 1. The lowest BCUT2D eigenvalue weighted by atomic mass is 10.1. The topological polar surface area (TPSA) is 180 Å². The average molecular weight is 439 g/mol. The number of hydrazone groups is 1. The molecular formula is C17H13N9O4S. The molecule has 0 atom stereocenters. The summed E-state index contributed by atoms with van der Waals surface area (Å²) in [5.74, 6) is -0.574. The van der Waals surface area contributed by atoms with Crippen LogP contribution < -0.4 is 11.2 Å². The second kappa shape index (κ2) is 8.11. The average Bonchev–Trinajstić information content (AvgIpc) is 3.51. The van der Waals surface area contributed by atoms with Crippen LogP contribution in [0.5, 0.6) is 0 Å². The highest BCUT2D eigenvalue weighted by molar-refractivity contribution is 7.13. The Hall–Kier alpha value is -4.46. The minimum atomic E-state index is -0.644. The molecule has 0 radical (unpaired) electrons. The molecule has 156 valence electrons. The van der Waals surface area contributed by atoms with E-state index < -0.39 is 10.8 Å². The Morgan fingerprint density at radius 1 is 1.32 bits per heavy atom. The van der Waals surface area contributed by atoms with E-state index in [0.29, 0.717) is 21.8 Å². The summed E-state index contributed by atoms with van der Waals surface area (Å²) < 4.78 is 5.87. The smallest absolute Gasteiger partial charge is 0.294 e. The molecule has 1 amide bonds. The molecule has 4 rings (SSSR count). The number of carbonyl (C=O) groups is 1. The van der Waals surface area contributed by atoms with Crippen molar-refractivity contribution < 1.29 is 14.3 Å². The van der Waals surface area contributed by atoms with Gasteiger partial charge in [-0.3, -0.25) is 14.9 Å². The summed E-state index contributed by atoms with van der Waals surface area (Å²) in [6.07, 6.45) is 0. The largest absolute Gasteiger partial charge is 0.378 e. The molecule has 0 bridgehead atoms. The van der Waals surface area contributed by atoms with Crippen LogP contribution in [0.4, 0.5) is 11.5 Å². The highest BCUT2D eigenvalue weighted by Gasteiger charge is 2.25. The van der Waals surface area contributed by atoms with E-state index in [1.807, 2.05) is 5.38 Å². The molecule has 13 nitrogen and oxygen atoms in total. The number of thiophene rings is 1. The Morgan fingerprint density at radius 2 is 2.16 bits per heavy atom. The van der Waals surface area contributed by atoms with Gasteiger partial charge in [-0.05, 0) is 28.7 Å². The van der Waals surface area contributed by atoms with E-state index in [1.165, 1.54) is 34.2 Å². The van der Waals surface area contributed by atoms with Gasteiger partial charge in [0.2, 0.25) is 11.6 Å². The summed E-state index contributed by atoms with van der Waals surface area (Å²) in [6, 6.07) is 9.48. The SMILES string of the molecule is C/C(=N/NC(=O)c1nnn(-c2nonc2N)c1-c1cccs1)c1cccc([N+](=O)[O-])c1. The Bertz CT molecular complexity index is 1290. The van der Waals surface area contributed by atoms with Crippen molar-refractivity contribution in [3.63, 3.8) is 0 Å². The molecule has 3 aromatic heterocycles. The Kier molecular flexibility index (Phi) is 5.19. The predicted molar refractivity (Wildman–Crippen MR) is 110 cm³/mol. The number of nitrogens with zero attached hydrogens (tertiary/aromatic N) is 7. The number of anilines is 1. The number of benzene rings is 1. The zero-order chi connectivity index (χ0) is 22.0. The number of nitro groups is 1. The van der Waals surface area contributed by atoms with E-state index in [4.69, 9.17) is 5.73 Å². The van der Waals surface area contributed by atoms with Gasteiger partial charge in [0.05, 0.1) is 15.5 Å². The molecule has 4 aromatic rings. The predicted octanol–water partition coefficient (Wildman–Crippen LogP) is 2.02. The van der Waals surface area contributed by atoms with Crippen molar-refractivity contribution in [2.45, 2.75) is 6.92 Å². The number of amides is 1. The highest BCUT2D eigenvalue weighted by Crippen LogP contribution is 2.29. The Balaban J connectivity index is 1.66. The number of rotatable bonds is 6. The molecule has 0 aliphatic rings. The van der Waals surface area contributed by atoms with Crippen LogP contribution in [0.2, 0.25) is 0 Å². The first-order valence-corrected chi connectivity index (χ1v) is 9.51. The molecule has 3 N–H and O–H groups in total. The molecule has 0 spiro atoms. The van der Waals surface area contributed by atoms with E-state index in [1.54, 1.807) is 25.1 Å². The fraction of sp³-hybridized carbons (Fsp3) is 0.0588. The van der Waals surface area contributed by atoms with E-state index in [2.05, 4.69) is 35.8 Å². The minimum absolute atomic E-state index is 0.0193. The Labute approximate surface area is 177 Å². The van der Waals surface area contributed by atoms with Crippen LogP contribution >= 0.6 is 11.3 Å². The summed E-state index contributed by atoms with van der Waals surface area (Å²) in [5.41, 5.74) is 9.23. The van der Waals surface area contributed by atoms with Crippen molar-refractivity contribution in [1.82, 2.24) is 30.7 Å². The summed E-state index contributed by atoms with van der Waals surface area (Å²) in [5, 5.41) is 31.9. The maximum absolute atomic E-state index is 12.8. The maximum atomic E-state index is 12.8. The van der Waals surface area contributed by atoms with E-state index in [9.17, 15) is 14.9 Å². The summed E-state index contributed by atoms with van der Waals surface area (Å²) in [7, 11) is 0. The quantitative estimate of drug-likeness (QED) is 0.258. The Morgan fingerprint density at radius 3 is 2.84 bits per heavy atom. The third-order valence-corrected chi connectivity index (χ3v) is 5.01. The summed E-state index contributed by atoms with van der Waals surface area (Å²) in [6.45, 7) is 1.61. The van der Waals surface area contributed by atoms with Crippen LogP contribution in [0.25, 0.3) is 16.4 Å². The first-order valence-electron chi connectivity index (χ1n) is 8.63. The number of hydrogen-bond acceptors (Lipinski definition) is 11. The van der Waals surface area contributed by atoms with Gasteiger partial charge in [-0.2, -0.15) is 9.78 Å². The van der Waals surface area contributed by atoms with Crippen molar-refractivity contribution in [3.05, 3.63) is 63.1 Å². The molecule has 0 aliphatic heterocycles. The van der Waals surface area contributed by atoms with Crippen LogP contribution in [0.1, 0.15) is 23.0 Å². The van der Waals surface area contributed by atoms with E-state index >= 15 is 0 Å². The standard InChI is InChI=1S/C17H13N9O4S/c1-9(10-4-2-5-11(8-10)26(28)29)19-21-17(27)13-14(12-6-3-7-31-12)25(24-20-13)16-15(18)22-30-23-16/h2-8H,1H3,(H2,18,22)(H,21,27)/b19-9-. The van der Waals surface area contributed by atoms with Gasteiger partial charge in [0.1, 0.15) is 5.69 Å². The second-order valence-corrected chi connectivity index (χ2v) is 7.04. The van der Waals surface area contributed by atoms with Gasteiger partial charge in [-0.15, -0.1) is 16.4 Å². The molecule has 1 aromatic carbocycles. The van der Waals surface area contributed by atoms with Gasteiger partial charge in [0, 0.05) is 17.7 Å². The van der Waals surface area contributed by atoms with E-state index in [0.717, 1.165) is 0 Å². The monoisotopic (exact) mass is 439 g/mol. The molecule has 14 heteroatoms. The number of aromatic nitrogens is 5. The van der Waals surface area contributed by atoms with Crippen molar-refractivity contribution >= 4 is 34.5 Å². The first-order chi connectivity index (χ1) is 15.0. The normalized spacial score (nSPS) is 11.5. The van der Waals surface area contributed by atoms with Crippen molar-refractivity contribution in [3.8, 4) is 16.4 Å². The van der Waals surface area contributed by atoms with Crippen molar-refractivity contribution in [2.75, 3.05) is 5.73 Å². The van der Waals surface area contributed by atoms with Gasteiger partial charge in [-0.1, -0.05) is 23.4 Å².